The van der Waals surface area contributed by atoms with Gasteiger partial charge in [-0.05, 0) is 6.07 Å². The van der Waals surface area contributed by atoms with Gasteiger partial charge in [0.05, 0.1) is 23.1 Å². The molecule has 17 heavy (non-hydrogen) atoms. The van der Waals surface area contributed by atoms with Gasteiger partial charge >= 0.3 is 11.7 Å². The van der Waals surface area contributed by atoms with E-state index in [0.29, 0.717) is 11.0 Å². The molecule has 0 aromatic carbocycles. The van der Waals surface area contributed by atoms with E-state index in [1.165, 1.54) is 9.13 Å². The minimum absolute atomic E-state index is 0.162. The fourth-order valence-electron chi connectivity index (χ4n) is 1.78. The highest BCUT2D eigenvalue weighted by Gasteiger charge is 2.16. The number of carboxylic acid groups (broad SMARTS) is 1. The van der Waals surface area contributed by atoms with Crippen LogP contribution >= 0.6 is 0 Å². The average molecular weight is 235 g/mol. The predicted molar refractivity (Wildman–Crippen MR) is 61.8 cm³/mol. The van der Waals surface area contributed by atoms with Gasteiger partial charge in [0.25, 0.3) is 0 Å². The van der Waals surface area contributed by atoms with Gasteiger partial charge in [-0.3, -0.25) is 18.9 Å². The van der Waals surface area contributed by atoms with E-state index in [4.69, 9.17) is 5.11 Å². The number of pyridine rings is 1. The van der Waals surface area contributed by atoms with Crippen LogP contribution in [-0.2, 0) is 18.4 Å². The van der Waals surface area contributed by atoms with Crippen molar-refractivity contribution in [3.63, 3.8) is 0 Å². The molecule has 0 bridgehead atoms. The van der Waals surface area contributed by atoms with Crippen LogP contribution < -0.4 is 5.69 Å². The van der Waals surface area contributed by atoms with E-state index in [9.17, 15) is 9.59 Å². The number of aromatic nitrogens is 3. The van der Waals surface area contributed by atoms with Crippen LogP contribution in [0.25, 0.3) is 11.0 Å². The number of hydrogen-bond donors (Lipinski definition) is 1. The summed E-state index contributed by atoms with van der Waals surface area (Å²) in [5.41, 5.74) is 1.19. The summed E-state index contributed by atoms with van der Waals surface area (Å²) in [6.45, 7) is 1.74. The fourth-order valence-corrected chi connectivity index (χ4v) is 1.78. The fraction of sp³-hybridized carbons (Fsp3) is 0.364. The number of carboxylic acids is 1. The highest BCUT2D eigenvalue weighted by atomic mass is 16.4. The summed E-state index contributed by atoms with van der Waals surface area (Å²) in [5.74, 6) is -1.52. The SMILES string of the molecule is CC(Cn1c(=O)n(C)c2cnccc21)C(=O)O. The maximum atomic E-state index is 12.0. The molecule has 0 radical (unpaired) electrons. The van der Waals surface area contributed by atoms with Gasteiger partial charge in [0.1, 0.15) is 0 Å². The molecule has 2 aromatic heterocycles. The van der Waals surface area contributed by atoms with Crippen molar-refractivity contribution in [3.8, 4) is 0 Å². The Morgan fingerprint density at radius 1 is 1.53 bits per heavy atom. The molecule has 6 nitrogen and oxygen atoms in total. The highest BCUT2D eigenvalue weighted by Crippen LogP contribution is 2.11. The quantitative estimate of drug-likeness (QED) is 0.838. The zero-order chi connectivity index (χ0) is 12.6. The van der Waals surface area contributed by atoms with Crippen LogP contribution in [0.1, 0.15) is 6.92 Å². The van der Waals surface area contributed by atoms with E-state index in [1.54, 1.807) is 32.4 Å². The molecular formula is C11H13N3O3. The number of aryl methyl sites for hydroxylation is 1. The van der Waals surface area contributed by atoms with Crippen LogP contribution in [0.4, 0.5) is 0 Å². The molecule has 0 saturated carbocycles. The second kappa shape index (κ2) is 4.04. The van der Waals surface area contributed by atoms with Crippen LogP contribution in [0.3, 0.4) is 0 Å². The molecule has 6 heteroatoms. The molecule has 2 aromatic rings. The van der Waals surface area contributed by atoms with Crippen LogP contribution in [0.2, 0.25) is 0 Å². The third-order valence-electron chi connectivity index (χ3n) is 2.83. The largest absolute Gasteiger partial charge is 0.481 e. The van der Waals surface area contributed by atoms with Crippen molar-refractivity contribution in [1.82, 2.24) is 14.1 Å². The Kier molecular flexibility index (Phi) is 2.71. The van der Waals surface area contributed by atoms with Crippen molar-refractivity contribution in [3.05, 3.63) is 28.9 Å². The summed E-state index contributed by atoms with van der Waals surface area (Å²) in [6.07, 6.45) is 3.18. The van der Waals surface area contributed by atoms with E-state index in [0.717, 1.165) is 0 Å². The van der Waals surface area contributed by atoms with Gasteiger partial charge < -0.3 is 5.11 Å². The summed E-state index contributed by atoms with van der Waals surface area (Å²) < 4.78 is 2.94. The van der Waals surface area contributed by atoms with Crippen LogP contribution in [0, 0.1) is 5.92 Å². The number of nitrogens with zero attached hydrogens (tertiary/aromatic N) is 3. The number of fused-ring (bicyclic) bond motifs is 1. The Labute approximate surface area is 97.1 Å². The second-order valence-corrected chi connectivity index (χ2v) is 4.06. The van der Waals surface area contributed by atoms with Crippen molar-refractivity contribution >= 4 is 17.0 Å². The maximum absolute atomic E-state index is 12.0. The molecule has 0 amide bonds. The number of carbonyl (C=O) groups is 1. The van der Waals surface area contributed by atoms with E-state index in [-0.39, 0.29) is 12.2 Å². The molecule has 1 unspecified atom stereocenters. The molecule has 0 aliphatic heterocycles. The number of aliphatic carboxylic acids is 1. The monoisotopic (exact) mass is 235 g/mol. The van der Waals surface area contributed by atoms with Crippen LogP contribution in [0.15, 0.2) is 23.3 Å². The summed E-state index contributed by atoms with van der Waals surface area (Å²) in [7, 11) is 1.65. The molecule has 0 aliphatic rings. The first kappa shape index (κ1) is 11.4. The lowest BCUT2D eigenvalue weighted by Crippen LogP contribution is -2.27. The van der Waals surface area contributed by atoms with Gasteiger partial charge in [-0.1, -0.05) is 6.92 Å². The molecule has 90 valence electrons. The summed E-state index contributed by atoms with van der Waals surface area (Å²) in [4.78, 5) is 26.7. The number of hydrogen-bond acceptors (Lipinski definition) is 3. The molecule has 0 fully saturated rings. The van der Waals surface area contributed by atoms with E-state index in [2.05, 4.69) is 4.98 Å². The standard InChI is InChI=1S/C11H13N3O3/c1-7(10(15)16)6-14-8-3-4-12-5-9(8)13(2)11(14)17/h3-5,7H,6H2,1-2H3,(H,15,16). The Balaban J connectivity index is 2.58. The van der Waals surface area contributed by atoms with Crippen molar-refractivity contribution in [1.29, 1.82) is 0 Å². The smallest absolute Gasteiger partial charge is 0.328 e. The first-order valence-electron chi connectivity index (χ1n) is 5.24. The van der Waals surface area contributed by atoms with Crippen molar-refractivity contribution in [2.45, 2.75) is 13.5 Å². The Bertz CT molecular complexity index is 626. The average Bonchev–Trinajstić information content (AvgIpc) is 2.55. The third-order valence-corrected chi connectivity index (χ3v) is 2.83. The lowest BCUT2D eigenvalue weighted by molar-refractivity contribution is -0.141. The van der Waals surface area contributed by atoms with Gasteiger partial charge in [0.15, 0.2) is 0 Å². The van der Waals surface area contributed by atoms with Crippen molar-refractivity contribution in [2.75, 3.05) is 0 Å². The molecule has 2 rings (SSSR count). The highest BCUT2D eigenvalue weighted by molar-refractivity contribution is 5.75. The summed E-state index contributed by atoms with van der Waals surface area (Å²) in [5, 5.41) is 8.88. The van der Waals surface area contributed by atoms with Gasteiger partial charge in [0, 0.05) is 19.8 Å². The molecule has 0 spiro atoms. The molecule has 0 saturated heterocycles. The van der Waals surface area contributed by atoms with E-state index >= 15 is 0 Å². The topological polar surface area (TPSA) is 77.1 Å². The Morgan fingerprint density at radius 3 is 2.88 bits per heavy atom. The van der Waals surface area contributed by atoms with Crippen LogP contribution in [0.5, 0.6) is 0 Å². The minimum atomic E-state index is -0.914. The molecular weight excluding hydrogens is 222 g/mol. The van der Waals surface area contributed by atoms with Gasteiger partial charge in [-0.2, -0.15) is 0 Å². The Hall–Kier alpha value is -2.11. The Morgan fingerprint density at radius 2 is 2.24 bits per heavy atom. The molecule has 1 N–H and O–H groups in total. The lowest BCUT2D eigenvalue weighted by atomic mass is 10.2. The number of imidazole rings is 1. The first-order valence-corrected chi connectivity index (χ1v) is 5.24. The normalized spacial score (nSPS) is 12.8. The maximum Gasteiger partial charge on any atom is 0.328 e. The predicted octanol–water partition coefficient (Wildman–Crippen LogP) is 0.456. The molecule has 2 heterocycles. The number of rotatable bonds is 3. The zero-order valence-corrected chi connectivity index (χ0v) is 9.62. The summed E-state index contributed by atoms with van der Waals surface area (Å²) in [6, 6.07) is 1.71. The lowest BCUT2D eigenvalue weighted by Gasteiger charge is -2.06. The zero-order valence-electron chi connectivity index (χ0n) is 9.62. The van der Waals surface area contributed by atoms with E-state index in [1.807, 2.05) is 0 Å². The van der Waals surface area contributed by atoms with Gasteiger partial charge in [0.2, 0.25) is 0 Å². The van der Waals surface area contributed by atoms with Gasteiger partial charge in [-0.25, -0.2) is 4.79 Å². The second-order valence-electron chi connectivity index (χ2n) is 4.06. The first-order chi connectivity index (χ1) is 8.02. The minimum Gasteiger partial charge on any atom is -0.481 e. The molecule has 0 aliphatic carbocycles. The summed E-state index contributed by atoms with van der Waals surface area (Å²) >= 11 is 0. The molecule has 1 atom stereocenters. The van der Waals surface area contributed by atoms with Crippen molar-refractivity contribution < 1.29 is 9.90 Å². The third kappa shape index (κ3) is 1.82. The van der Waals surface area contributed by atoms with E-state index < -0.39 is 11.9 Å². The van der Waals surface area contributed by atoms with Crippen LogP contribution in [-0.4, -0.2) is 25.2 Å². The van der Waals surface area contributed by atoms with Crippen molar-refractivity contribution in [2.24, 2.45) is 13.0 Å². The van der Waals surface area contributed by atoms with Gasteiger partial charge in [-0.15, -0.1) is 0 Å².